The molecule has 0 spiro atoms. The first-order chi connectivity index (χ1) is 13.6. The smallest absolute Gasteiger partial charge is 0.240 e. The Labute approximate surface area is 164 Å². The van der Waals surface area contributed by atoms with Gasteiger partial charge in [0.25, 0.3) is 0 Å². The zero-order valence-electron chi connectivity index (χ0n) is 15.1. The maximum absolute atomic E-state index is 12.5. The molecule has 0 aliphatic carbocycles. The van der Waals surface area contributed by atoms with Crippen molar-refractivity contribution in [3.8, 4) is 11.5 Å². The highest BCUT2D eigenvalue weighted by Crippen LogP contribution is 2.30. The number of nitrogens with one attached hydrogen (secondary N) is 1. The van der Waals surface area contributed by atoms with Gasteiger partial charge in [-0.05, 0) is 41.3 Å². The summed E-state index contributed by atoms with van der Waals surface area (Å²) in [6, 6.07) is 29.7. The minimum atomic E-state index is -3.59. The van der Waals surface area contributed by atoms with Gasteiger partial charge in [0.05, 0.1) is 4.90 Å². The molecular formula is C23H19NO3S. The zero-order chi connectivity index (χ0) is 19.4. The summed E-state index contributed by atoms with van der Waals surface area (Å²) in [5.41, 5.74) is 0.905. The van der Waals surface area contributed by atoms with Crippen LogP contribution in [0.1, 0.15) is 5.56 Å². The third-order valence-electron chi connectivity index (χ3n) is 4.42. The number of rotatable bonds is 6. The molecule has 0 aliphatic rings. The molecule has 0 bridgehead atoms. The van der Waals surface area contributed by atoms with Crippen LogP contribution in [-0.2, 0) is 16.6 Å². The van der Waals surface area contributed by atoms with Crippen molar-refractivity contribution in [1.82, 2.24) is 4.72 Å². The van der Waals surface area contributed by atoms with Crippen molar-refractivity contribution >= 4 is 20.8 Å². The van der Waals surface area contributed by atoms with E-state index in [-0.39, 0.29) is 11.4 Å². The summed E-state index contributed by atoms with van der Waals surface area (Å²) in [5.74, 6) is 1.31. The molecule has 4 rings (SSSR count). The van der Waals surface area contributed by atoms with Gasteiger partial charge in [-0.3, -0.25) is 0 Å². The predicted octanol–water partition coefficient (Wildman–Crippen LogP) is 5.11. The fourth-order valence-electron chi connectivity index (χ4n) is 2.96. The van der Waals surface area contributed by atoms with Gasteiger partial charge in [0, 0.05) is 11.9 Å². The average Bonchev–Trinajstić information content (AvgIpc) is 2.74. The summed E-state index contributed by atoms with van der Waals surface area (Å²) in [4.78, 5) is 0.203. The number of ether oxygens (including phenoxy) is 1. The van der Waals surface area contributed by atoms with E-state index in [1.54, 1.807) is 24.3 Å². The lowest BCUT2D eigenvalue weighted by Crippen LogP contribution is -2.23. The van der Waals surface area contributed by atoms with E-state index in [9.17, 15) is 8.42 Å². The van der Waals surface area contributed by atoms with E-state index in [0.29, 0.717) is 5.75 Å². The van der Waals surface area contributed by atoms with Crippen LogP contribution < -0.4 is 9.46 Å². The van der Waals surface area contributed by atoms with Crippen LogP contribution >= 0.6 is 0 Å². The van der Waals surface area contributed by atoms with Gasteiger partial charge in [-0.25, -0.2) is 13.1 Å². The van der Waals surface area contributed by atoms with Crippen molar-refractivity contribution in [3.63, 3.8) is 0 Å². The Morgan fingerprint density at radius 1 is 0.714 bits per heavy atom. The molecule has 5 heteroatoms. The Morgan fingerprint density at radius 3 is 2.18 bits per heavy atom. The first-order valence-electron chi connectivity index (χ1n) is 8.91. The predicted molar refractivity (Wildman–Crippen MR) is 111 cm³/mol. The van der Waals surface area contributed by atoms with Crippen molar-refractivity contribution in [1.29, 1.82) is 0 Å². The number of hydrogen-bond acceptors (Lipinski definition) is 3. The monoisotopic (exact) mass is 389 g/mol. The molecule has 0 atom stereocenters. The molecule has 0 aliphatic heterocycles. The Balaban J connectivity index is 1.50. The molecular weight excluding hydrogens is 370 g/mol. The second kappa shape index (κ2) is 7.84. The Kier molecular flexibility index (Phi) is 5.10. The molecule has 140 valence electrons. The number of benzene rings is 4. The van der Waals surface area contributed by atoms with Crippen molar-refractivity contribution in [2.24, 2.45) is 0 Å². The number of hydrogen-bond donors (Lipinski definition) is 1. The number of fused-ring (bicyclic) bond motifs is 1. The van der Waals surface area contributed by atoms with Crippen LogP contribution in [0.15, 0.2) is 102 Å². The number of sulfonamides is 1. The van der Waals surface area contributed by atoms with Gasteiger partial charge in [-0.15, -0.1) is 0 Å². The SMILES string of the molecule is O=S(=O)(NCc1ccccc1)c1ccc(Oc2cccc3ccccc23)cc1. The van der Waals surface area contributed by atoms with Crippen molar-refractivity contribution < 1.29 is 13.2 Å². The van der Waals surface area contributed by atoms with E-state index in [1.807, 2.05) is 72.8 Å². The molecule has 1 N–H and O–H groups in total. The Morgan fingerprint density at radius 2 is 1.39 bits per heavy atom. The van der Waals surface area contributed by atoms with E-state index < -0.39 is 10.0 Å². The molecule has 0 radical (unpaired) electrons. The summed E-state index contributed by atoms with van der Waals surface area (Å²) < 4.78 is 33.6. The van der Waals surface area contributed by atoms with Crippen molar-refractivity contribution in [2.45, 2.75) is 11.4 Å². The molecule has 0 unspecified atom stereocenters. The van der Waals surface area contributed by atoms with Crippen LogP contribution in [-0.4, -0.2) is 8.42 Å². The van der Waals surface area contributed by atoms with E-state index in [4.69, 9.17) is 4.74 Å². The van der Waals surface area contributed by atoms with Gasteiger partial charge >= 0.3 is 0 Å². The largest absolute Gasteiger partial charge is 0.457 e. The topological polar surface area (TPSA) is 55.4 Å². The Hall–Kier alpha value is -3.15. The van der Waals surface area contributed by atoms with E-state index >= 15 is 0 Å². The maximum atomic E-state index is 12.5. The fourth-order valence-corrected chi connectivity index (χ4v) is 3.97. The highest BCUT2D eigenvalue weighted by Gasteiger charge is 2.14. The molecule has 28 heavy (non-hydrogen) atoms. The molecule has 0 heterocycles. The van der Waals surface area contributed by atoms with Gasteiger partial charge in [0.1, 0.15) is 11.5 Å². The normalized spacial score (nSPS) is 11.4. The lowest BCUT2D eigenvalue weighted by molar-refractivity contribution is 0.488. The highest BCUT2D eigenvalue weighted by atomic mass is 32.2. The van der Waals surface area contributed by atoms with E-state index in [1.165, 1.54) is 0 Å². The first kappa shape index (κ1) is 18.2. The van der Waals surface area contributed by atoms with Gasteiger partial charge in [-0.2, -0.15) is 0 Å². The molecule has 4 aromatic rings. The van der Waals surface area contributed by atoms with Gasteiger partial charge in [-0.1, -0.05) is 66.7 Å². The van der Waals surface area contributed by atoms with Crippen molar-refractivity contribution in [2.75, 3.05) is 0 Å². The first-order valence-corrected chi connectivity index (χ1v) is 10.4. The summed E-state index contributed by atoms with van der Waals surface area (Å²) in [6.45, 7) is 0.247. The standard InChI is InChI=1S/C23H19NO3S/c25-28(26,24-17-18-7-2-1-3-8-18)21-15-13-20(14-16-21)27-23-12-6-10-19-9-4-5-11-22(19)23/h1-16,24H,17H2. The summed E-state index contributed by atoms with van der Waals surface area (Å²) >= 11 is 0. The van der Waals surface area contributed by atoms with Crippen LogP contribution in [0.4, 0.5) is 0 Å². The highest BCUT2D eigenvalue weighted by molar-refractivity contribution is 7.89. The zero-order valence-corrected chi connectivity index (χ0v) is 15.9. The fraction of sp³-hybridized carbons (Fsp3) is 0.0435. The molecule has 4 aromatic carbocycles. The molecule has 0 saturated heterocycles. The summed E-state index contributed by atoms with van der Waals surface area (Å²) in [5, 5.41) is 2.09. The minimum absolute atomic E-state index is 0.203. The van der Waals surface area contributed by atoms with E-state index in [2.05, 4.69) is 4.72 Å². The minimum Gasteiger partial charge on any atom is -0.457 e. The van der Waals surface area contributed by atoms with Gasteiger partial charge in [0.2, 0.25) is 10.0 Å². The van der Waals surface area contributed by atoms with Gasteiger partial charge < -0.3 is 4.74 Å². The quantitative estimate of drug-likeness (QED) is 0.498. The van der Waals surface area contributed by atoms with Crippen LogP contribution in [0.3, 0.4) is 0 Å². The Bertz CT molecular complexity index is 1180. The lowest BCUT2D eigenvalue weighted by Gasteiger charge is -2.10. The second-order valence-electron chi connectivity index (χ2n) is 6.36. The molecule has 0 amide bonds. The van der Waals surface area contributed by atoms with Gasteiger partial charge in [0.15, 0.2) is 0 Å². The van der Waals surface area contributed by atoms with E-state index in [0.717, 1.165) is 22.1 Å². The lowest BCUT2D eigenvalue weighted by atomic mass is 10.1. The molecule has 0 fully saturated rings. The average molecular weight is 389 g/mol. The molecule has 0 aromatic heterocycles. The summed E-state index contributed by atoms with van der Waals surface area (Å²) in [6.07, 6.45) is 0. The van der Waals surface area contributed by atoms with Crippen LogP contribution in [0.25, 0.3) is 10.8 Å². The van der Waals surface area contributed by atoms with Crippen LogP contribution in [0, 0.1) is 0 Å². The molecule has 4 nitrogen and oxygen atoms in total. The maximum Gasteiger partial charge on any atom is 0.240 e. The molecule has 0 saturated carbocycles. The third-order valence-corrected chi connectivity index (χ3v) is 5.84. The van der Waals surface area contributed by atoms with Crippen LogP contribution in [0.2, 0.25) is 0 Å². The van der Waals surface area contributed by atoms with Crippen molar-refractivity contribution in [3.05, 3.63) is 103 Å². The summed E-state index contributed by atoms with van der Waals surface area (Å²) in [7, 11) is -3.59. The van der Waals surface area contributed by atoms with Crippen LogP contribution in [0.5, 0.6) is 11.5 Å². The second-order valence-corrected chi connectivity index (χ2v) is 8.13. The third kappa shape index (κ3) is 4.06.